The lowest BCUT2D eigenvalue weighted by atomic mass is 10.2. The van der Waals surface area contributed by atoms with Crippen LogP contribution in [-0.4, -0.2) is 12.0 Å². The van der Waals surface area contributed by atoms with Gasteiger partial charge < -0.3 is 4.90 Å². The fourth-order valence-electron chi connectivity index (χ4n) is 1.79. The Bertz CT molecular complexity index is 627. The van der Waals surface area contributed by atoms with E-state index >= 15 is 0 Å². The maximum Gasteiger partial charge on any atom is 0.416 e. The Morgan fingerprint density at radius 2 is 1.71 bits per heavy atom. The number of hydrogen-bond donors (Lipinski definition) is 0. The van der Waals surface area contributed by atoms with Crippen LogP contribution < -0.4 is 4.90 Å². The third kappa shape index (κ3) is 4.25. The van der Waals surface area contributed by atoms with E-state index in [2.05, 4.69) is 4.98 Å². The van der Waals surface area contributed by atoms with Crippen LogP contribution in [0.25, 0.3) is 0 Å². The normalized spacial score (nSPS) is 11.5. The van der Waals surface area contributed by atoms with Gasteiger partial charge in [-0.05, 0) is 29.8 Å². The standard InChI is InChI=1S/C14H11Cl2F3N2/c1-21(8-9-2-4-11(15)5-3-9)13-7-10(14(17,18)19)6-12(16)20-13/h2-7H,8H2,1H3. The fourth-order valence-corrected chi connectivity index (χ4v) is 2.12. The van der Waals surface area contributed by atoms with Gasteiger partial charge in [-0.2, -0.15) is 13.2 Å². The number of alkyl halides is 3. The molecule has 0 N–H and O–H groups in total. The van der Waals surface area contributed by atoms with Crippen LogP contribution in [0.1, 0.15) is 11.1 Å². The topological polar surface area (TPSA) is 16.1 Å². The zero-order valence-corrected chi connectivity index (χ0v) is 12.5. The molecule has 0 saturated carbocycles. The average Bonchev–Trinajstić information content (AvgIpc) is 2.39. The maximum atomic E-state index is 12.8. The van der Waals surface area contributed by atoms with E-state index in [1.54, 1.807) is 36.2 Å². The minimum atomic E-state index is -4.46. The molecule has 0 bridgehead atoms. The van der Waals surface area contributed by atoms with Crippen molar-refractivity contribution in [3.8, 4) is 0 Å². The van der Waals surface area contributed by atoms with Crippen LogP contribution in [0.4, 0.5) is 19.0 Å². The van der Waals surface area contributed by atoms with Gasteiger partial charge in [0.25, 0.3) is 0 Å². The predicted octanol–water partition coefficient (Wildman–Crippen LogP) is 5.04. The highest BCUT2D eigenvalue weighted by Gasteiger charge is 2.31. The Labute approximate surface area is 130 Å². The summed E-state index contributed by atoms with van der Waals surface area (Å²) in [5, 5.41) is 0.407. The van der Waals surface area contributed by atoms with E-state index in [4.69, 9.17) is 23.2 Å². The lowest BCUT2D eigenvalue weighted by Gasteiger charge is -2.20. The van der Waals surface area contributed by atoms with Crippen molar-refractivity contribution in [2.75, 3.05) is 11.9 Å². The van der Waals surface area contributed by atoms with E-state index < -0.39 is 11.7 Å². The molecule has 0 saturated heterocycles. The summed E-state index contributed by atoms with van der Waals surface area (Å²) in [6.07, 6.45) is -4.46. The van der Waals surface area contributed by atoms with Gasteiger partial charge in [-0.15, -0.1) is 0 Å². The van der Waals surface area contributed by atoms with E-state index in [0.29, 0.717) is 11.6 Å². The number of benzene rings is 1. The Kier molecular flexibility index (Phi) is 4.64. The molecular weight excluding hydrogens is 324 g/mol. The van der Waals surface area contributed by atoms with Crippen molar-refractivity contribution in [1.29, 1.82) is 0 Å². The largest absolute Gasteiger partial charge is 0.416 e. The Hall–Kier alpha value is -1.46. The number of halogens is 5. The summed E-state index contributed by atoms with van der Waals surface area (Å²) < 4.78 is 38.3. The molecule has 0 spiro atoms. The van der Waals surface area contributed by atoms with Crippen molar-refractivity contribution in [3.05, 3.63) is 57.7 Å². The number of pyridine rings is 1. The minimum Gasteiger partial charge on any atom is -0.355 e. The van der Waals surface area contributed by atoms with E-state index in [-0.39, 0.29) is 11.0 Å². The van der Waals surface area contributed by atoms with E-state index in [1.807, 2.05) is 0 Å². The molecule has 2 aromatic rings. The van der Waals surface area contributed by atoms with Crippen LogP contribution in [0.2, 0.25) is 10.2 Å². The molecule has 0 radical (unpaired) electrons. The van der Waals surface area contributed by atoms with Crippen LogP contribution in [0.3, 0.4) is 0 Å². The first-order chi connectivity index (χ1) is 9.75. The highest BCUT2D eigenvalue weighted by atomic mass is 35.5. The van der Waals surface area contributed by atoms with E-state index in [9.17, 15) is 13.2 Å². The molecule has 0 unspecified atom stereocenters. The quantitative estimate of drug-likeness (QED) is 0.730. The second-order valence-corrected chi connectivity index (χ2v) is 5.34. The van der Waals surface area contributed by atoms with Crippen LogP contribution in [-0.2, 0) is 12.7 Å². The molecule has 112 valence electrons. The highest BCUT2D eigenvalue weighted by molar-refractivity contribution is 6.30. The van der Waals surface area contributed by atoms with Gasteiger partial charge >= 0.3 is 6.18 Å². The summed E-state index contributed by atoms with van der Waals surface area (Å²) >= 11 is 11.5. The summed E-state index contributed by atoms with van der Waals surface area (Å²) in [4.78, 5) is 5.51. The van der Waals surface area contributed by atoms with Crippen molar-refractivity contribution in [3.63, 3.8) is 0 Å². The highest BCUT2D eigenvalue weighted by Crippen LogP contribution is 2.32. The van der Waals surface area contributed by atoms with Crippen molar-refractivity contribution < 1.29 is 13.2 Å². The van der Waals surface area contributed by atoms with Gasteiger partial charge in [0.2, 0.25) is 0 Å². The number of nitrogens with zero attached hydrogens (tertiary/aromatic N) is 2. The first-order valence-corrected chi connectivity index (χ1v) is 6.71. The van der Waals surface area contributed by atoms with Gasteiger partial charge in [-0.25, -0.2) is 4.98 Å². The lowest BCUT2D eigenvalue weighted by Crippen LogP contribution is -2.19. The molecule has 7 heteroatoms. The average molecular weight is 335 g/mol. The lowest BCUT2D eigenvalue weighted by molar-refractivity contribution is -0.137. The second kappa shape index (κ2) is 6.12. The molecule has 0 amide bonds. The van der Waals surface area contributed by atoms with Crippen LogP contribution in [0.15, 0.2) is 36.4 Å². The molecule has 1 aromatic carbocycles. The SMILES string of the molecule is CN(Cc1ccc(Cl)cc1)c1cc(C(F)(F)F)cc(Cl)n1. The van der Waals surface area contributed by atoms with Gasteiger partial charge in [0.15, 0.2) is 0 Å². The van der Waals surface area contributed by atoms with Crippen molar-refractivity contribution in [2.45, 2.75) is 12.7 Å². The summed E-state index contributed by atoms with van der Waals surface area (Å²) in [6.45, 7) is 0.391. The summed E-state index contributed by atoms with van der Waals surface area (Å²) in [6, 6.07) is 8.82. The molecule has 0 aliphatic rings. The molecule has 2 nitrogen and oxygen atoms in total. The summed E-state index contributed by atoms with van der Waals surface area (Å²) in [5.41, 5.74) is 0.0812. The molecule has 0 aliphatic heterocycles. The Balaban J connectivity index is 2.24. The third-order valence-corrected chi connectivity index (χ3v) is 3.28. The van der Waals surface area contributed by atoms with Crippen LogP contribution >= 0.6 is 23.2 Å². The molecule has 1 aromatic heterocycles. The zero-order valence-electron chi connectivity index (χ0n) is 11.0. The second-order valence-electron chi connectivity index (χ2n) is 4.52. The summed E-state index contributed by atoms with van der Waals surface area (Å²) in [5.74, 6) is 0.157. The van der Waals surface area contributed by atoms with Gasteiger partial charge in [0, 0.05) is 18.6 Å². The monoisotopic (exact) mass is 334 g/mol. The van der Waals surface area contributed by atoms with Crippen LogP contribution in [0, 0.1) is 0 Å². The molecule has 1 heterocycles. The predicted molar refractivity (Wildman–Crippen MR) is 77.8 cm³/mol. The minimum absolute atomic E-state index is 0.157. The molecule has 0 fully saturated rings. The van der Waals surface area contributed by atoms with Gasteiger partial charge in [0.05, 0.1) is 5.56 Å². The van der Waals surface area contributed by atoms with Gasteiger partial charge in [-0.1, -0.05) is 35.3 Å². The molecule has 0 aliphatic carbocycles. The third-order valence-electron chi connectivity index (χ3n) is 2.83. The zero-order chi connectivity index (χ0) is 15.6. The number of rotatable bonds is 3. The number of anilines is 1. The van der Waals surface area contributed by atoms with Gasteiger partial charge in [-0.3, -0.25) is 0 Å². The fraction of sp³-hybridized carbons (Fsp3) is 0.214. The Morgan fingerprint density at radius 3 is 2.29 bits per heavy atom. The van der Waals surface area contributed by atoms with E-state index in [0.717, 1.165) is 17.7 Å². The first-order valence-electron chi connectivity index (χ1n) is 5.96. The maximum absolute atomic E-state index is 12.8. The van der Waals surface area contributed by atoms with Crippen molar-refractivity contribution >= 4 is 29.0 Å². The molecule has 0 atom stereocenters. The first kappa shape index (κ1) is 15.9. The van der Waals surface area contributed by atoms with E-state index in [1.165, 1.54) is 0 Å². The summed E-state index contributed by atoms with van der Waals surface area (Å²) in [7, 11) is 1.65. The smallest absolute Gasteiger partial charge is 0.355 e. The van der Waals surface area contributed by atoms with Gasteiger partial charge in [0.1, 0.15) is 11.0 Å². The molecule has 21 heavy (non-hydrogen) atoms. The molecular formula is C14H11Cl2F3N2. The number of aromatic nitrogens is 1. The Morgan fingerprint density at radius 1 is 1.10 bits per heavy atom. The van der Waals surface area contributed by atoms with Crippen molar-refractivity contribution in [1.82, 2.24) is 4.98 Å². The number of hydrogen-bond acceptors (Lipinski definition) is 2. The van der Waals surface area contributed by atoms with Crippen LogP contribution in [0.5, 0.6) is 0 Å². The van der Waals surface area contributed by atoms with Crippen molar-refractivity contribution in [2.24, 2.45) is 0 Å². The molecule has 2 rings (SSSR count).